The third-order valence-corrected chi connectivity index (χ3v) is 3.12. The van der Waals surface area contributed by atoms with E-state index in [9.17, 15) is 4.79 Å². The number of hydrogen-bond acceptors (Lipinski definition) is 3. The molecule has 1 fully saturated rings. The van der Waals surface area contributed by atoms with E-state index < -0.39 is 5.97 Å². The Labute approximate surface area is 94.9 Å². The van der Waals surface area contributed by atoms with Crippen LogP contribution in [-0.2, 0) is 10.2 Å². The van der Waals surface area contributed by atoms with E-state index in [1.54, 1.807) is 6.20 Å². The highest BCUT2D eigenvalue weighted by molar-refractivity contribution is 5.71. The van der Waals surface area contributed by atoms with Crippen LogP contribution in [0.25, 0.3) is 0 Å². The number of aliphatic carboxylic acids is 1. The van der Waals surface area contributed by atoms with Gasteiger partial charge in [-0.25, -0.2) is 4.98 Å². The molecule has 0 aromatic carbocycles. The molecular weight excluding hydrogens is 204 g/mol. The molecule has 1 aromatic rings. The van der Waals surface area contributed by atoms with E-state index in [-0.39, 0.29) is 11.8 Å². The van der Waals surface area contributed by atoms with E-state index in [0.717, 1.165) is 24.2 Å². The minimum absolute atomic E-state index is 0.167. The van der Waals surface area contributed by atoms with Crippen molar-refractivity contribution in [2.24, 2.45) is 0 Å². The van der Waals surface area contributed by atoms with E-state index in [1.807, 2.05) is 31.1 Å². The lowest BCUT2D eigenvalue weighted by Crippen LogP contribution is -2.20. The van der Waals surface area contributed by atoms with Crippen molar-refractivity contribution in [1.82, 2.24) is 4.98 Å². The van der Waals surface area contributed by atoms with Crippen LogP contribution in [0, 0.1) is 0 Å². The molecule has 2 rings (SSSR count). The van der Waals surface area contributed by atoms with Crippen LogP contribution in [0.15, 0.2) is 18.3 Å². The summed E-state index contributed by atoms with van der Waals surface area (Å²) in [4.78, 5) is 17.1. The predicted molar refractivity (Wildman–Crippen MR) is 61.7 cm³/mol. The minimum atomic E-state index is -0.731. The van der Waals surface area contributed by atoms with Crippen molar-refractivity contribution < 1.29 is 9.90 Å². The number of aromatic nitrogens is 1. The van der Waals surface area contributed by atoms with E-state index in [4.69, 9.17) is 5.11 Å². The molecule has 16 heavy (non-hydrogen) atoms. The first kappa shape index (κ1) is 10.9. The SMILES string of the molecule is CN(C)c1ncccc1C1(CC(=O)O)CC1. The number of carboxylic acids is 1. The van der Waals surface area contributed by atoms with Crippen LogP contribution in [0.1, 0.15) is 24.8 Å². The molecule has 0 radical (unpaired) electrons. The Morgan fingerprint density at radius 1 is 1.56 bits per heavy atom. The van der Waals surface area contributed by atoms with Gasteiger partial charge in [0.15, 0.2) is 0 Å². The number of carbonyl (C=O) groups is 1. The number of carboxylic acid groups (broad SMARTS) is 1. The number of rotatable bonds is 4. The Kier molecular flexibility index (Phi) is 2.58. The molecule has 0 bridgehead atoms. The topological polar surface area (TPSA) is 53.4 Å². The summed E-state index contributed by atoms with van der Waals surface area (Å²) in [5, 5.41) is 8.95. The molecule has 0 unspecified atom stereocenters. The van der Waals surface area contributed by atoms with E-state index >= 15 is 0 Å². The Balaban J connectivity index is 2.36. The highest BCUT2D eigenvalue weighted by Crippen LogP contribution is 2.53. The molecule has 0 saturated heterocycles. The van der Waals surface area contributed by atoms with Crippen LogP contribution in [0.2, 0.25) is 0 Å². The Morgan fingerprint density at radius 2 is 2.25 bits per heavy atom. The predicted octanol–water partition coefficient (Wildman–Crippen LogP) is 1.65. The fourth-order valence-electron chi connectivity index (χ4n) is 2.15. The van der Waals surface area contributed by atoms with Gasteiger partial charge in [-0.15, -0.1) is 0 Å². The van der Waals surface area contributed by atoms with E-state index in [1.165, 1.54) is 0 Å². The Bertz CT molecular complexity index is 411. The first-order valence-corrected chi connectivity index (χ1v) is 5.40. The first-order valence-electron chi connectivity index (χ1n) is 5.40. The first-order chi connectivity index (χ1) is 7.55. The van der Waals surface area contributed by atoms with Crippen molar-refractivity contribution in [3.63, 3.8) is 0 Å². The van der Waals surface area contributed by atoms with E-state index in [0.29, 0.717) is 0 Å². The monoisotopic (exact) mass is 220 g/mol. The van der Waals surface area contributed by atoms with Gasteiger partial charge in [0.1, 0.15) is 5.82 Å². The maximum atomic E-state index is 10.9. The second-order valence-corrected chi connectivity index (χ2v) is 4.62. The zero-order valence-corrected chi connectivity index (χ0v) is 9.60. The number of nitrogens with zero attached hydrogens (tertiary/aromatic N) is 2. The fourth-order valence-corrected chi connectivity index (χ4v) is 2.15. The van der Waals surface area contributed by atoms with Crippen LogP contribution in [0.3, 0.4) is 0 Å². The molecule has 86 valence electrons. The summed E-state index contributed by atoms with van der Waals surface area (Å²) in [5.74, 6) is 0.160. The molecule has 1 saturated carbocycles. The number of anilines is 1. The molecule has 1 heterocycles. The molecular formula is C12H16N2O2. The van der Waals surface area contributed by atoms with Gasteiger partial charge in [-0.2, -0.15) is 0 Å². The van der Waals surface area contributed by atoms with Gasteiger partial charge >= 0.3 is 5.97 Å². The van der Waals surface area contributed by atoms with Gasteiger partial charge in [-0.05, 0) is 18.9 Å². The summed E-state index contributed by atoms with van der Waals surface area (Å²) >= 11 is 0. The zero-order chi connectivity index (χ0) is 11.8. The molecule has 0 aliphatic heterocycles. The molecule has 0 atom stereocenters. The maximum absolute atomic E-state index is 10.9. The van der Waals surface area contributed by atoms with Gasteiger partial charge < -0.3 is 10.0 Å². The van der Waals surface area contributed by atoms with Gasteiger partial charge in [0.2, 0.25) is 0 Å². The lowest BCUT2D eigenvalue weighted by Gasteiger charge is -2.21. The van der Waals surface area contributed by atoms with Crippen LogP contribution >= 0.6 is 0 Å². The average Bonchev–Trinajstić information content (AvgIpc) is 2.98. The molecule has 0 spiro atoms. The summed E-state index contributed by atoms with van der Waals surface area (Å²) in [6, 6.07) is 3.88. The summed E-state index contributed by atoms with van der Waals surface area (Å²) in [7, 11) is 3.87. The van der Waals surface area contributed by atoms with Crippen LogP contribution < -0.4 is 4.90 Å². The quantitative estimate of drug-likeness (QED) is 0.838. The minimum Gasteiger partial charge on any atom is -0.481 e. The fraction of sp³-hybridized carbons (Fsp3) is 0.500. The third-order valence-electron chi connectivity index (χ3n) is 3.12. The van der Waals surface area contributed by atoms with Crippen LogP contribution in [-0.4, -0.2) is 30.2 Å². The molecule has 0 amide bonds. The van der Waals surface area contributed by atoms with Crippen LogP contribution in [0.5, 0.6) is 0 Å². The van der Waals surface area contributed by atoms with Crippen molar-refractivity contribution in [2.75, 3.05) is 19.0 Å². The van der Waals surface area contributed by atoms with Gasteiger partial charge in [0, 0.05) is 31.3 Å². The average molecular weight is 220 g/mol. The van der Waals surface area contributed by atoms with Gasteiger partial charge in [-0.1, -0.05) is 6.07 Å². The van der Waals surface area contributed by atoms with Gasteiger partial charge in [0.05, 0.1) is 6.42 Å². The zero-order valence-electron chi connectivity index (χ0n) is 9.60. The molecule has 1 aromatic heterocycles. The molecule has 1 aliphatic carbocycles. The second-order valence-electron chi connectivity index (χ2n) is 4.62. The lowest BCUT2D eigenvalue weighted by molar-refractivity contribution is -0.137. The summed E-state index contributed by atoms with van der Waals surface area (Å²) < 4.78 is 0. The summed E-state index contributed by atoms with van der Waals surface area (Å²) in [6.45, 7) is 0. The number of hydrogen-bond donors (Lipinski definition) is 1. The summed E-state index contributed by atoms with van der Waals surface area (Å²) in [6.07, 6.45) is 3.85. The standard InChI is InChI=1S/C12H16N2O2/c1-14(2)11-9(4-3-7-13-11)12(5-6-12)8-10(15)16/h3-4,7H,5-6,8H2,1-2H3,(H,15,16). The number of pyridine rings is 1. The smallest absolute Gasteiger partial charge is 0.304 e. The van der Waals surface area contributed by atoms with Crippen LogP contribution in [0.4, 0.5) is 5.82 Å². The second kappa shape index (κ2) is 3.77. The lowest BCUT2D eigenvalue weighted by atomic mass is 9.92. The Morgan fingerprint density at radius 3 is 2.75 bits per heavy atom. The van der Waals surface area contributed by atoms with Crippen molar-refractivity contribution in [3.05, 3.63) is 23.9 Å². The van der Waals surface area contributed by atoms with Crippen molar-refractivity contribution in [3.8, 4) is 0 Å². The maximum Gasteiger partial charge on any atom is 0.304 e. The third kappa shape index (κ3) is 1.87. The normalized spacial score (nSPS) is 16.9. The molecule has 4 nitrogen and oxygen atoms in total. The largest absolute Gasteiger partial charge is 0.481 e. The van der Waals surface area contributed by atoms with Gasteiger partial charge in [0.25, 0.3) is 0 Å². The highest BCUT2D eigenvalue weighted by atomic mass is 16.4. The molecule has 4 heteroatoms. The summed E-state index contributed by atoms with van der Waals surface area (Å²) in [5.41, 5.74) is 0.905. The molecule has 1 aliphatic rings. The highest BCUT2D eigenvalue weighted by Gasteiger charge is 2.47. The van der Waals surface area contributed by atoms with Gasteiger partial charge in [-0.3, -0.25) is 4.79 Å². The van der Waals surface area contributed by atoms with Crippen molar-refractivity contribution >= 4 is 11.8 Å². The molecule has 1 N–H and O–H groups in total. The van der Waals surface area contributed by atoms with Crippen molar-refractivity contribution in [2.45, 2.75) is 24.7 Å². The van der Waals surface area contributed by atoms with Crippen molar-refractivity contribution in [1.29, 1.82) is 0 Å². The Hall–Kier alpha value is -1.58. The van der Waals surface area contributed by atoms with E-state index in [2.05, 4.69) is 4.98 Å².